The minimum Gasteiger partial charge on any atom is -0.466 e. The summed E-state index contributed by atoms with van der Waals surface area (Å²) in [5.41, 5.74) is 0. The van der Waals surface area contributed by atoms with E-state index in [0.29, 0.717) is 6.61 Å². The van der Waals surface area contributed by atoms with E-state index in [2.05, 4.69) is 30.8 Å². The fraction of sp³-hybridized carbons (Fsp3) is 0.929. The van der Waals surface area contributed by atoms with Gasteiger partial charge in [-0.25, -0.2) is 0 Å². The third-order valence-corrected chi connectivity index (χ3v) is 2.22. The van der Waals surface area contributed by atoms with Gasteiger partial charge < -0.3 is 10.1 Å². The predicted molar refractivity (Wildman–Crippen MR) is 74.2 cm³/mol. The summed E-state index contributed by atoms with van der Waals surface area (Å²) < 4.78 is 4.64. The first-order valence-electron chi connectivity index (χ1n) is 7.03. The van der Waals surface area contributed by atoms with Gasteiger partial charge in [0.2, 0.25) is 0 Å². The Morgan fingerprint density at radius 3 is 1.76 bits per heavy atom. The van der Waals surface area contributed by atoms with E-state index in [-0.39, 0.29) is 5.97 Å². The van der Waals surface area contributed by atoms with Gasteiger partial charge in [-0.2, -0.15) is 0 Å². The molecule has 0 saturated carbocycles. The number of hydrogen-bond donors (Lipinski definition) is 1. The Morgan fingerprint density at radius 1 is 0.941 bits per heavy atom. The van der Waals surface area contributed by atoms with Crippen LogP contribution >= 0.6 is 0 Å². The molecule has 3 heteroatoms. The van der Waals surface area contributed by atoms with Crippen molar-refractivity contribution < 1.29 is 9.53 Å². The second-order valence-corrected chi connectivity index (χ2v) is 4.15. The molecule has 0 aromatic rings. The second kappa shape index (κ2) is 17.8. The summed E-state index contributed by atoms with van der Waals surface area (Å²) in [6.45, 7) is 10.9. The van der Waals surface area contributed by atoms with Crippen LogP contribution in [0.15, 0.2) is 0 Å². The summed E-state index contributed by atoms with van der Waals surface area (Å²) in [5.74, 6) is -0.182. The fourth-order valence-electron chi connectivity index (χ4n) is 1.09. The van der Waals surface area contributed by atoms with Gasteiger partial charge in [0.15, 0.2) is 0 Å². The third-order valence-electron chi connectivity index (χ3n) is 2.22. The highest BCUT2D eigenvalue weighted by atomic mass is 16.5. The molecular formula is C14H31NO2. The smallest absolute Gasteiger partial charge is 0.302 e. The number of hydrogen-bond acceptors (Lipinski definition) is 3. The molecule has 0 amide bonds. The minimum absolute atomic E-state index is 0.182. The first-order valence-corrected chi connectivity index (χ1v) is 7.03. The number of carbonyl (C=O) groups is 1. The molecule has 0 bridgehead atoms. The lowest BCUT2D eigenvalue weighted by Gasteiger charge is -1.99. The first kappa shape index (κ1) is 18.8. The Labute approximate surface area is 107 Å². The predicted octanol–water partition coefficient (Wildman–Crippen LogP) is 3.53. The molecular weight excluding hydrogens is 214 g/mol. The molecule has 104 valence electrons. The number of ether oxygens (including phenoxy) is 1. The van der Waals surface area contributed by atoms with E-state index >= 15 is 0 Å². The molecule has 0 aliphatic heterocycles. The molecule has 0 saturated heterocycles. The molecule has 17 heavy (non-hydrogen) atoms. The maximum Gasteiger partial charge on any atom is 0.302 e. The van der Waals surface area contributed by atoms with E-state index in [1.807, 2.05) is 0 Å². The average Bonchev–Trinajstić information content (AvgIpc) is 2.30. The number of rotatable bonds is 9. The largest absolute Gasteiger partial charge is 0.466 e. The molecule has 0 radical (unpaired) electrons. The number of nitrogens with one attached hydrogen (secondary N) is 1. The van der Waals surface area contributed by atoms with Gasteiger partial charge in [-0.15, -0.1) is 0 Å². The lowest BCUT2D eigenvalue weighted by molar-refractivity contribution is -0.141. The molecule has 0 rings (SSSR count). The van der Waals surface area contributed by atoms with Crippen LogP contribution in [-0.4, -0.2) is 25.7 Å². The molecule has 3 nitrogen and oxygen atoms in total. The summed E-state index contributed by atoms with van der Waals surface area (Å²) in [4.78, 5) is 10.1. The number of carbonyl (C=O) groups excluding carboxylic acids is 1. The van der Waals surface area contributed by atoms with Gasteiger partial charge in [-0.05, 0) is 32.4 Å². The van der Waals surface area contributed by atoms with E-state index in [9.17, 15) is 4.79 Å². The zero-order valence-electron chi connectivity index (χ0n) is 12.2. The van der Waals surface area contributed by atoms with Crippen molar-refractivity contribution in [1.29, 1.82) is 0 Å². The lowest BCUT2D eigenvalue weighted by atomic mass is 10.3. The summed E-state index contributed by atoms with van der Waals surface area (Å²) in [7, 11) is 0. The Kier molecular flexibility index (Phi) is 19.7. The minimum atomic E-state index is -0.182. The highest BCUT2D eigenvalue weighted by Gasteiger charge is 1.88. The summed E-state index contributed by atoms with van der Waals surface area (Å²) in [6, 6.07) is 0. The Hall–Kier alpha value is -0.570. The number of unbranched alkanes of at least 4 members (excludes halogenated alkanes) is 3. The van der Waals surface area contributed by atoms with E-state index in [4.69, 9.17) is 0 Å². The lowest BCUT2D eigenvalue weighted by Crippen LogP contribution is -2.15. The van der Waals surface area contributed by atoms with Crippen LogP contribution < -0.4 is 5.32 Å². The van der Waals surface area contributed by atoms with Gasteiger partial charge in [0, 0.05) is 6.92 Å². The maximum absolute atomic E-state index is 10.1. The van der Waals surface area contributed by atoms with Crippen molar-refractivity contribution in [1.82, 2.24) is 5.32 Å². The highest BCUT2D eigenvalue weighted by Crippen LogP contribution is 1.87. The van der Waals surface area contributed by atoms with Crippen LogP contribution in [0.4, 0.5) is 0 Å². The van der Waals surface area contributed by atoms with Crippen LogP contribution in [0.2, 0.25) is 0 Å². The molecule has 0 spiro atoms. The quantitative estimate of drug-likeness (QED) is 0.499. The van der Waals surface area contributed by atoms with E-state index < -0.39 is 0 Å². The Bertz CT molecular complexity index is 143. The monoisotopic (exact) mass is 245 g/mol. The Balaban J connectivity index is 0. The van der Waals surface area contributed by atoms with Gasteiger partial charge in [-0.1, -0.05) is 40.0 Å². The molecule has 0 aromatic heterocycles. The van der Waals surface area contributed by atoms with E-state index in [1.165, 1.54) is 45.7 Å². The standard InChI is InChI=1S/C8H19N.C6H12O2/c1-3-5-7-9-8-6-4-2;1-3-4-5-8-6(2)7/h9H,3-8H2,1-2H3;3-5H2,1-2H3. The summed E-state index contributed by atoms with van der Waals surface area (Å²) in [5, 5.41) is 3.39. The van der Waals surface area contributed by atoms with Gasteiger partial charge in [0.1, 0.15) is 0 Å². The number of esters is 1. The highest BCUT2D eigenvalue weighted by molar-refractivity contribution is 5.65. The Morgan fingerprint density at radius 2 is 1.41 bits per heavy atom. The summed E-state index contributed by atoms with van der Waals surface area (Å²) >= 11 is 0. The normalized spacial score (nSPS) is 9.41. The molecule has 0 heterocycles. The van der Waals surface area contributed by atoms with Crippen LogP contribution in [0.3, 0.4) is 0 Å². The second-order valence-electron chi connectivity index (χ2n) is 4.15. The molecule has 1 N–H and O–H groups in total. The topological polar surface area (TPSA) is 38.3 Å². The van der Waals surface area contributed by atoms with Crippen molar-refractivity contribution in [2.75, 3.05) is 19.7 Å². The van der Waals surface area contributed by atoms with Crippen molar-refractivity contribution in [2.24, 2.45) is 0 Å². The molecule has 0 atom stereocenters. The van der Waals surface area contributed by atoms with Crippen LogP contribution in [0.5, 0.6) is 0 Å². The first-order chi connectivity index (χ1) is 8.18. The van der Waals surface area contributed by atoms with Crippen molar-refractivity contribution in [3.63, 3.8) is 0 Å². The maximum atomic E-state index is 10.1. The van der Waals surface area contributed by atoms with Crippen molar-refractivity contribution in [2.45, 2.75) is 66.2 Å². The van der Waals surface area contributed by atoms with Crippen molar-refractivity contribution in [3.05, 3.63) is 0 Å². The molecule has 0 aliphatic rings. The van der Waals surface area contributed by atoms with Crippen LogP contribution in [0.1, 0.15) is 66.2 Å². The summed E-state index contributed by atoms with van der Waals surface area (Å²) in [6.07, 6.45) is 7.30. The fourth-order valence-corrected chi connectivity index (χ4v) is 1.09. The third kappa shape index (κ3) is 25.6. The van der Waals surface area contributed by atoms with E-state index in [0.717, 1.165) is 12.8 Å². The van der Waals surface area contributed by atoms with Crippen LogP contribution in [0.25, 0.3) is 0 Å². The zero-order chi connectivity index (χ0) is 13.4. The van der Waals surface area contributed by atoms with Gasteiger partial charge >= 0.3 is 5.97 Å². The van der Waals surface area contributed by atoms with Crippen molar-refractivity contribution >= 4 is 5.97 Å². The van der Waals surface area contributed by atoms with Gasteiger partial charge in [0.05, 0.1) is 6.61 Å². The van der Waals surface area contributed by atoms with Gasteiger partial charge in [0.25, 0.3) is 0 Å². The SMILES string of the molecule is CCCCNCCCC.CCCCOC(C)=O. The van der Waals surface area contributed by atoms with Crippen LogP contribution in [0, 0.1) is 0 Å². The molecule has 0 fully saturated rings. The van der Waals surface area contributed by atoms with E-state index in [1.54, 1.807) is 0 Å². The molecule has 0 aliphatic carbocycles. The molecule has 0 unspecified atom stereocenters. The average molecular weight is 245 g/mol. The van der Waals surface area contributed by atoms with Gasteiger partial charge in [-0.3, -0.25) is 4.79 Å². The molecule has 0 aromatic carbocycles. The zero-order valence-corrected chi connectivity index (χ0v) is 12.2. The van der Waals surface area contributed by atoms with Crippen LogP contribution in [-0.2, 0) is 9.53 Å². The van der Waals surface area contributed by atoms with Crippen molar-refractivity contribution in [3.8, 4) is 0 Å².